The molecule has 0 unspecified atom stereocenters. The molecule has 4 aromatic rings. The Labute approximate surface area is 194 Å². The summed E-state index contributed by atoms with van der Waals surface area (Å²) in [7, 11) is 0. The molecule has 6 nitrogen and oxygen atoms in total. The van der Waals surface area contributed by atoms with Gasteiger partial charge in [0.05, 0.1) is 12.3 Å². The van der Waals surface area contributed by atoms with Gasteiger partial charge in [0.2, 0.25) is 5.91 Å². The quantitative estimate of drug-likeness (QED) is 0.365. The second kappa shape index (κ2) is 10.3. The van der Waals surface area contributed by atoms with E-state index < -0.39 is 0 Å². The van der Waals surface area contributed by atoms with E-state index in [1.807, 2.05) is 71.6 Å². The number of carbonyl (C=O) groups is 2. The van der Waals surface area contributed by atoms with Gasteiger partial charge in [-0.3, -0.25) is 14.2 Å². The third-order valence-corrected chi connectivity index (χ3v) is 6.61. The SMILES string of the molecule is Cc1ccccc1NC(=O)CSc1nccn1-c1ccc(C(=O)NCc2cccs2)cc1. The number of nitrogens with one attached hydrogen (secondary N) is 2. The molecule has 0 aliphatic rings. The first-order chi connectivity index (χ1) is 15.6. The molecule has 0 aliphatic carbocycles. The summed E-state index contributed by atoms with van der Waals surface area (Å²) < 4.78 is 1.90. The zero-order chi connectivity index (χ0) is 22.3. The van der Waals surface area contributed by atoms with Crippen molar-refractivity contribution in [2.45, 2.75) is 18.6 Å². The lowest BCUT2D eigenvalue weighted by atomic mass is 10.2. The van der Waals surface area contributed by atoms with Crippen molar-refractivity contribution < 1.29 is 9.59 Å². The van der Waals surface area contributed by atoms with Crippen molar-refractivity contribution in [1.29, 1.82) is 0 Å². The number of thioether (sulfide) groups is 1. The van der Waals surface area contributed by atoms with Gasteiger partial charge in [-0.1, -0.05) is 36.0 Å². The highest BCUT2D eigenvalue weighted by molar-refractivity contribution is 7.99. The Balaban J connectivity index is 1.36. The number of para-hydroxylation sites is 1. The number of amides is 2. The molecule has 0 atom stereocenters. The maximum Gasteiger partial charge on any atom is 0.251 e. The zero-order valence-electron chi connectivity index (χ0n) is 17.4. The Hall–Kier alpha value is -3.36. The van der Waals surface area contributed by atoms with Crippen molar-refractivity contribution >= 4 is 40.6 Å². The highest BCUT2D eigenvalue weighted by Gasteiger charge is 2.11. The number of benzene rings is 2. The number of thiophene rings is 1. The lowest BCUT2D eigenvalue weighted by Crippen LogP contribution is -2.22. The van der Waals surface area contributed by atoms with Crippen LogP contribution in [0.5, 0.6) is 0 Å². The van der Waals surface area contributed by atoms with Gasteiger partial charge in [-0.15, -0.1) is 11.3 Å². The van der Waals surface area contributed by atoms with Crippen molar-refractivity contribution in [1.82, 2.24) is 14.9 Å². The van der Waals surface area contributed by atoms with Crippen LogP contribution in [-0.4, -0.2) is 27.1 Å². The average molecular weight is 463 g/mol. The van der Waals surface area contributed by atoms with Crippen molar-refractivity contribution in [3.05, 3.63) is 94.4 Å². The van der Waals surface area contributed by atoms with Crippen molar-refractivity contribution in [2.24, 2.45) is 0 Å². The fourth-order valence-corrected chi connectivity index (χ4v) is 4.50. The normalized spacial score (nSPS) is 10.7. The summed E-state index contributed by atoms with van der Waals surface area (Å²) in [5, 5.41) is 8.56. The van der Waals surface area contributed by atoms with Gasteiger partial charge in [-0.25, -0.2) is 4.98 Å². The molecule has 0 fully saturated rings. The number of rotatable bonds is 8. The average Bonchev–Trinajstić information content (AvgIpc) is 3.50. The molecule has 0 aliphatic heterocycles. The molecule has 0 spiro atoms. The standard InChI is InChI=1S/C24H22N4O2S2/c1-17-5-2-3-7-21(17)27-22(29)16-32-24-25-12-13-28(24)19-10-8-18(9-11-19)23(30)26-15-20-6-4-14-31-20/h2-14H,15-16H2,1H3,(H,26,30)(H,27,29). The fourth-order valence-electron chi connectivity index (χ4n) is 3.08. The predicted octanol–water partition coefficient (Wildman–Crippen LogP) is 4.90. The summed E-state index contributed by atoms with van der Waals surface area (Å²) in [6.07, 6.45) is 3.54. The van der Waals surface area contributed by atoms with Crippen LogP contribution in [0.1, 0.15) is 20.8 Å². The molecular formula is C24H22N4O2S2. The van der Waals surface area contributed by atoms with Crippen LogP contribution in [0.2, 0.25) is 0 Å². The molecule has 0 bridgehead atoms. The monoisotopic (exact) mass is 462 g/mol. The van der Waals surface area contributed by atoms with Crippen LogP contribution in [0.3, 0.4) is 0 Å². The van der Waals surface area contributed by atoms with E-state index in [0.717, 1.165) is 21.8 Å². The Morgan fingerprint density at radius 2 is 1.88 bits per heavy atom. The third-order valence-electron chi connectivity index (χ3n) is 4.77. The molecule has 2 aromatic heterocycles. The number of hydrogen-bond donors (Lipinski definition) is 2. The highest BCUT2D eigenvalue weighted by atomic mass is 32.2. The van der Waals surface area contributed by atoms with Gasteiger partial charge in [0, 0.05) is 34.2 Å². The lowest BCUT2D eigenvalue weighted by molar-refractivity contribution is -0.113. The molecule has 2 N–H and O–H groups in total. The summed E-state index contributed by atoms with van der Waals surface area (Å²) in [5.41, 5.74) is 3.30. The predicted molar refractivity (Wildman–Crippen MR) is 130 cm³/mol. The zero-order valence-corrected chi connectivity index (χ0v) is 19.1. The van der Waals surface area contributed by atoms with Crippen molar-refractivity contribution in [3.8, 4) is 5.69 Å². The minimum absolute atomic E-state index is 0.0865. The minimum Gasteiger partial charge on any atom is -0.347 e. The Morgan fingerprint density at radius 3 is 2.62 bits per heavy atom. The molecule has 0 radical (unpaired) electrons. The summed E-state index contributed by atoms with van der Waals surface area (Å²) in [6, 6.07) is 19.0. The largest absolute Gasteiger partial charge is 0.347 e. The van der Waals surface area contributed by atoms with Gasteiger partial charge in [0.25, 0.3) is 5.91 Å². The van der Waals surface area contributed by atoms with Gasteiger partial charge >= 0.3 is 0 Å². The summed E-state index contributed by atoms with van der Waals surface area (Å²) in [5.74, 6) is 0.0452. The van der Waals surface area contributed by atoms with E-state index in [0.29, 0.717) is 17.3 Å². The third kappa shape index (κ3) is 5.46. The molecule has 162 valence electrons. The van der Waals surface area contributed by atoms with Crippen LogP contribution in [-0.2, 0) is 11.3 Å². The molecule has 2 aromatic carbocycles. The minimum atomic E-state index is -0.113. The number of imidazole rings is 1. The summed E-state index contributed by atoms with van der Waals surface area (Å²) in [4.78, 5) is 30.2. The number of aromatic nitrogens is 2. The van der Waals surface area contributed by atoms with Crippen LogP contribution >= 0.6 is 23.1 Å². The topological polar surface area (TPSA) is 76.0 Å². The van der Waals surface area contributed by atoms with Crippen LogP contribution in [0, 0.1) is 6.92 Å². The first-order valence-electron chi connectivity index (χ1n) is 10.0. The first kappa shape index (κ1) is 21.9. The Morgan fingerprint density at radius 1 is 1.06 bits per heavy atom. The van der Waals surface area contributed by atoms with E-state index in [4.69, 9.17) is 0 Å². The maximum atomic E-state index is 12.4. The molecule has 2 amide bonds. The first-order valence-corrected chi connectivity index (χ1v) is 11.9. The van der Waals surface area contributed by atoms with Gasteiger partial charge in [-0.05, 0) is 54.3 Å². The molecule has 0 saturated heterocycles. The second-order valence-corrected chi connectivity index (χ2v) is 9.02. The highest BCUT2D eigenvalue weighted by Crippen LogP contribution is 2.22. The summed E-state index contributed by atoms with van der Waals surface area (Å²) >= 11 is 2.97. The molecule has 32 heavy (non-hydrogen) atoms. The van der Waals surface area contributed by atoms with Gasteiger partial charge in [-0.2, -0.15) is 0 Å². The number of carbonyl (C=O) groups excluding carboxylic acids is 2. The molecule has 4 rings (SSSR count). The summed E-state index contributed by atoms with van der Waals surface area (Å²) in [6.45, 7) is 2.48. The van der Waals surface area contributed by atoms with E-state index in [1.165, 1.54) is 11.8 Å². The van der Waals surface area contributed by atoms with Crippen LogP contribution < -0.4 is 10.6 Å². The number of anilines is 1. The molecule has 2 heterocycles. The maximum absolute atomic E-state index is 12.4. The van der Waals surface area contributed by atoms with Crippen LogP contribution in [0.25, 0.3) is 5.69 Å². The lowest BCUT2D eigenvalue weighted by Gasteiger charge is -2.10. The molecule has 8 heteroatoms. The smallest absolute Gasteiger partial charge is 0.251 e. The van der Waals surface area contributed by atoms with Gasteiger partial charge < -0.3 is 10.6 Å². The van der Waals surface area contributed by atoms with Gasteiger partial charge in [0.1, 0.15) is 0 Å². The van der Waals surface area contributed by atoms with Gasteiger partial charge in [0.15, 0.2) is 5.16 Å². The van der Waals surface area contributed by atoms with Crippen LogP contribution in [0.4, 0.5) is 5.69 Å². The van der Waals surface area contributed by atoms with Crippen LogP contribution in [0.15, 0.2) is 83.6 Å². The number of aryl methyl sites for hydroxylation is 1. The Bertz CT molecular complexity index is 1200. The second-order valence-electron chi connectivity index (χ2n) is 7.04. The van der Waals surface area contributed by atoms with E-state index in [9.17, 15) is 9.59 Å². The van der Waals surface area contributed by atoms with E-state index in [2.05, 4.69) is 15.6 Å². The van der Waals surface area contributed by atoms with E-state index in [-0.39, 0.29) is 17.6 Å². The van der Waals surface area contributed by atoms with Crippen molar-refractivity contribution in [3.63, 3.8) is 0 Å². The van der Waals surface area contributed by atoms with E-state index in [1.54, 1.807) is 29.7 Å². The number of hydrogen-bond acceptors (Lipinski definition) is 5. The molecule has 0 saturated carbocycles. The van der Waals surface area contributed by atoms with E-state index >= 15 is 0 Å². The number of nitrogens with zero attached hydrogens (tertiary/aromatic N) is 2. The Kier molecular flexibility index (Phi) is 7.03. The van der Waals surface area contributed by atoms with Crippen molar-refractivity contribution in [2.75, 3.05) is 11.1 Å². The fraction of sp³-hybridized carbons (Fsp3) is 0.125. The molecular weight excluding hydrogens is 440 g/mol.